The number of hydrogen-bond acceptors (Lipinski definition) is 4. The standard InChI is InChI=1S/C17H33N3O3S/c1-14(15-6-5-9-18-13-15)12-17(21)20-11-4-3-7-16(20)8-10-19-24(2,22)23/h14-16,18-19H,3-13H2,1-2H3. The van der Waals surface area contributed by atoms with Crippen molar-refractivity contribution in [3.63, 3.8) is 0 Å². The quantitative estimate of drug-likeness (QED) is 0.719. The van der Waals surface area contributed by atoms with Gasteiger partial charge in [-0.15, -0.1) is 0 Å². The average Bonchev–Trinajstić information content (AvgIpc) is 2.55. The van der Waals surface area contributed by atoms with Crippen LogP contribution >= 0.6 is 0 Å². The minimum absolute atomic E-state index is 0.178. The van der Waals surface area contributed by atoms with Crippen LogP contribution in [-0.4, -0.2) is 57.7 Å². The fourth-order valence-corrected chi connectivity index (χ4v) is 4.45. The van der Waals surface area contributed by atoms with E-state index < -0.39 is 10.0 Å². The molecule has 2 heterocycles. The van der Waals surface area contributed by atoms with E-state index in [0.29, 0.717) is 31.2 Å². The number of rotatable bonds is 7. The summed E-state index contributed by atoms with van der Waals surface area (Å²) in [5, 5.41) is 3.43. The van der Waals surface area contributed by atoms with Crippen molar-refractivity contribution in [3.8, 4) is 0 Å². The number of piperidine rings is 2. The fourth-order valence-electron chi connectivity index (χ4n) is 3.96. The Morgan fingerprint density at radius 1 is 1.29 bits per heavy atom. The second kappa shape index (κ2) is 9.15. The first-order valence-electron chi connectivity index (χ1n) is 9.31. The lowest BCUT2D eigenvalue weighted by molar-refractivity contribution is -0.136. The maximum atomic E-state index is 12.8. The van der Waals surface area contributed by atoms with Crippen LogP contribution in [0.3, 0.4) is 0 Å². The van der Waals surface area contributed by atoms with Gasteiger partial charge in [0.25, 0.3) is 0 Å². The first-order valence-corrected chi connectivity index (χ1v) is 11.2. The molecule has 2 aliphatic heterocycles. The fraction of sp³-hybridized carbons (Fsp3) is 0.941. The largest absolute Gasteiger partial charge is 0.340 e. The van der Waals surface area contributed by atoms with Crippen LogP contribution in [0.25, 0.3) is 0 Å². The van der Waals surface area contributed by atoms with Crippen molar-refractivity contribution in [2.45, 2.75) is 57.9 Å². The monoisotopic (exact) mass is 359 g/mol. The summed E-state index contributed by atoms with van der Waals surface area (Å²) < 4.78 is 25.0. The Morgan fingerprint density at radius 3 is 2.75 bits per heavy atom. The topological polar surface area (TPSA) is 78.5 Å². The number of nitrogens with zero attached hydrogens (tertiary/aromatic N) is 1. The number of likely N-dealkylation sites (tertiary alicyclic amines) is 1. The molecule has 3 atom stereocenters. The lowest BCUT2D eigenvalue weighted by Gasteiger charge is -2.37. The number of amides is 1. The molecule has 0 saturated carbocycles. The molecule has 0 aromatic heterocycles. The van der Waals surface area contributed by atoms with Crippen molar-refractivity contribution in [3.05, 3.63) is 0 Å². The van der Waals surface area contributed by atoms with Crippen molar-refractivity contribution >= 4 is 15.9 Å². The minimum atomic E-state index is -3.16. The molecule has 6 nitrogen and oxygen atoms in total. The maximum Gasteiger partial charge on any atom is 0.223 e. The van der Waals surface area contributed by atoms with Gasteiger partial charge in [-0.2, -0.15) is 0 Å². The van der Waals surface area contributed by atoms with Crippen LogP contribution in [0.5, 0.6) is 0 Å². The lowest BCUT2D eigenvalue weighted by Crippen LogP contribution is -2.46. The molecule has 2 aliphatic rings. The van der Waals surface area contributed by atoms with Crippen molar-refractivity contribution < 1.29 is 13.2 Å². The van der Waals surface area contributed by atoms with Gasteiger partial charge in [-0.3, -0.25) is 4.79 Å². The zero-order chi connectivity index (χ0) is 17.6. The van der Waals surface area contributed by atoms with Crippen LogP contribution < -0.4 is 10.0 Å². The second-order valence-corrected chi connectivity index (χ2v) is 9.31. The highest BCUT2D eigenvalue weighted by Crippen LogP contribution is 2.26. The molecule has 2 fully saturated rings. The SMILES string of the molecule is CC(CC(=O)N1CCCCC1CCNS(C)(=O)=O)C1CCCNC1. The Balaban J connectivity index is 1.84. The van der Waals surface area contributed by atoms with E-state index in [0.717, 1.165) is 38.9 Å². The first-order chi connectivity index (χ1) is 11.4. The Kier molecular flexibility index (Phi) is 7.50. The summed E-state index contributed by atoms with van der Waals surface area (Å²) in [6, 6.07) is 0.178. The molecule has 2 saturated heterocycles. The molecule has 140 valence electrons. The number of nitrogens with one attached hydrogen (secondary N) is 2. The van der Waals surface area contributed by atoms with Gasteiger partial charge >= 0.3 is 0 Å². The predicted molar refractivity (Wildman–Crippen MR) is 96.2 cm³/mol. The van der Waals surface area contributed by atoms with Gasteiger partial charge < -0.3 is 10.2 Å². The summed E-state index contributed by atoms with van der Waals surface area (Å²) in [4.78, 5) is 14.8. The molecule has 0 bridgehead atoms. The molecule has 2 rings (SSSR count). The normalized spacial score (nSPS) is 27.0. The lowest BCUT2D eigenvalue weighted by atomic mass is 9.85. The van der Waals surface area contributed by atoms with E-state index in [1.165, 1.54) is 19.1 Å². The average molecular weight is 360 g/mol. The highest BCUT2D eigenvalue weighted by atomic mass is 32.2. The van der Waals surface area contributed by atoms with Gasteiger partial charge in [-0.05, 0) is 63.5 Å². The predicted octanol–water partition coefficient (Wildman–Crippen LogP) is 1.33. The third-order valence-corrected chi connectivity index (χ3v) is 6.15. The van der Waals surface area contributed by atoms with E-state index in [9.17, 15) is 13.2 Å². The number of carbonyl (C=O) groups is 1. The zero-order valence-corrected chi connectivity index (χ0v) is 15.9. The minimum Gasteiger partial charge on any atom is -0.340 e. The Hall–Kier alpha value is -0.660. The van der Waals surface area contributed by atoms with E-state index in [4.69, 9.17) is 0 Å². The van der Waals surface area contributed by atoms with E-state index in [1.54, 1.807) is 0 Å². The van der Waals surface area contributed by atoms with Gasteiger partial charge in [-0.25, -0.2) is 13.1 Å². The van der Waals surface area contributed by atoms with Gasteiger partial charge in [0.05, 0.1) is 6.26 Å². The summed E-state index contributed by atoms with van der Waals surface area (Å²) in [7, 11) is -3.16. The van der Waals surface area contributed by atoms with E-state index in [2.05, 4.69) is 17.0 Å². The Bertz CT molecular complexity index is 503. The van der Waals surface area contributed by atoms with Crippen molar-refractivity contribution in [1.82, 2.24) is 14.9 Å². The number of carbonyl (C=O) groups excluding carboxylic acids is 1. The molecule has 1 amide bonds. The van der Waals surface area contributed by atoms with Crippen LogP contribution in [0, 0.1) is 11.8 Å². The van der Waals surface area contributed by atoms with Gasteiger partial charge in [0.2, 0.25) is 15.9 Å². The van der Waals surface area contributed by atoms with Gasteiger partial charge in [0, 0.05) is 25.6 Å². The molecule has 24 heavy (non-hydrogen) atoms. The molecular formula is C17H33N3O3S. The Labute approximate surface area is 146 Å². The van der Waals surface area contributed by atoms with Crippen LogP contribution in [0.2, 0.25) is 0 Å². The molecule has 0 spiro atoms. The molecule has 0 aromatic carbocycles. The van der Waals surface area contributed by atoms with Crippen LogP contribution in [-0.2, 0) is 14.8 Å². The maximum absolute atomic E-state index is 12.8. The molecular weight excluding hydrogens is 326 g/mol. The number of sulfonamides is 1. The third kappa shape index (κ3) is 6.33. The highest BCUT2D eigenvalue weighted by Gasteiger charge is 2.29. The van der Waals surface area contributed by atoms with Crippen molar-refractivity contribution in [1.29, 1.82) is 0 Å². The summed E-state index contributed by atoms with van der Waals surface area (Å²) >= 11 is 0. The summed E-state index contributed by atoms with van der Waals surface area (Å²) in [5.74, 6) is 1.25. The first kappa shape index (κ1) is 19.7. The van der Waals surface area contributed by atoms with Crippen LogP contribution in [0.4, 0.5) is 0 Å². The third-order valence-electron chi connectivity index (χ3n) is 5.43. The summed E-state index contributed by atoms with van der Waals surface area (Å²) in [5.41, 5.74) is 0. The van der Waals surface area contributed by atoms with E-state index >= 15 is 0 Å². The molecule has 3 unspecified atom stereocenters. The molecule has 7 heteroatoms. The Morgan fingerprint density at radius 2 is 2.08 bits per heavy atom. The smallest absolute Gasteiger partial charge is 0.223 e. The molecule has 0 aliphatic carbocycles. The van der Waals surface area contributed by atoms with Gasteiger partial charge in [0.1, 0.15) is 0 Å². The van der Waals surface area contributed by atoms with Crippen molar-refractivity contribution in [2.24, 2.45) is 11.8 Å². The van der Waals surface area contributed by atoms with Crippen LogP contribution in [0.1, 0.15) is 51.9 Å². The van der Waals surface area contributed by atoms with Crippen LogP contribution in [0.15, 0.2) is 0 Å². The van der Waals surface area contributed by atoms with Crippen molar-refractivity contribution in [2.75, 3.05) is 32.4 Å². The van der Waals surface area contributed by atoms with E-state index in [1.807, 2.05) is 4.90 Å². The molecule has 2 N–H and O–H groups in total. The molecule has 0 aromatic rings. The van der Waals surface area contributed by atoms with E-state index in [-0.39, 0.29) is 11.9 Å². The summed E-state index contributed by atoms with van der Waals surface area (Å²) in [6.45, 7) is 5.54. The molecule has 0 radical (unpaired) electrons. The highest BCUT2D eigenvalue weighted by molar-refractivity contribution is 7.88. The second-order valence-electron chi connectivity index (χ2n) is 7.48. The zero-order valence-electron chi connectivity index (χ0n) is 15.1. The van der Waals surface area contributed by atoms with Gasteiger partial charge in [-0.1, -0.05) is 6.92 Å². The van der Waals surface area contributed by atoms with Gasteiger partial charge in [0.15, 0.2) is 0 Å². The summed E-state index contributed by atoms with van der Waals surface area (Å²) in [6.07, 6.45) is 8.07. The number of hydrogen-bond donors (Lipinski definition) is 2.